The molecule has 2 aromatic carbocycles. The van der Waals surface area contributed by atoms with Crippen LogP contribution < -0.4 is 5.32 Å². The highest BCUT2D eigenvalue weighted by Crippen LogP contribution is 2.46. The van der Waals surface area contributed by atoms with Gasteiger partial charge in [-0.3, -0.25) is 19.2 Å². The van der Waals surface area contributed by atoms with Crippen molar-refractivity contribution >= 4 is 40.1 Å². The van der Waals surface area contributed by atoms with E-state index in [1.807, 2.05) is 0 Å². The number of aromatic nitrogens is 1. The van der Waals surface area contributed by atoms with E-state index in [4.69, 9.17) is 0 Å². The lowest BCUT2D eigenvalue weighted by Gasteiger charge is -2.31. The van der Waals surface area contributed by atoms with E-state index in [0.717, 1.165) is 11.0 Å². The number of carbonyl (C=O) groups is 4. The highest BCUT2D eigenvalue weighted by molar-refractivity contribution is 6.08. The van der Waals surface area contributed by atoms with Crippen molar-refractivity contribution in [2.45, 2.75) is 37.3 Å². The van der Waals surface area contributed by atoms with Crippen molar-refractivity contribution in [3.05, 3.63) is 65.4 Å². The van der Waals surface area contributed by atoms with Crippen LogP contribution in [0.25, 0.3) is 10.9 Å². The first-order valence-corrected chi connectivity index (χ1v) is 11.9. The fourth-order valence-electron chi connectivity index (χ4n) is 5.45. The molecule has 1 aromatic heterocycles. The number of ketones is 1. The SMILES string of the molecule is CC(=O)C[C@@H](C(=O)N1C[C@]2(C[C@H]1C#N)C(=O)Nc1ccccc12)N(C)C(=O)c1cc2c(F)cc(F)cc2[nH]1. The molecule has 9 nitrogen and oxygen atoms in total. The predicted octanol–water partition coefficient (Wildman–Crippen LogP) is 2.88. The Labute approximate surface area is 216 Å². The first kappa shape index (κ1) is 25.1. The minimum atomic E-state index is -1.29. The average molecular weight is 520 g/mol. The number of hydrogen-bond donors (Lipinski definition) is 2. The Morgan fingerprint density at radius 2 is 1.97 bits per heavy atom. The number of likely N-dealkylation sites (N-methyl/N-ethyl adjacent to an activating group) is 1. The number of hydrogen-bond acceptors (Lipinski definition) is 5. The lowest BCUT2D eigenvalue weighted by atomic mass is 9.80. The third-order valence-electron chi connectivity index (χ3n) is 7.35. The predicted molar refractivity (Wildman–Crippen MR) is 132 cm³/mol. The quantitative estimate of drug-likeness (QED) is 0.536. The second-order valence-electron chi connectivity index (χ2n) is 9.77. The van der Waals surface area contributed by atoms with Gasteiger partial charge in [-0.2, -0.15) is 5.26 Å². The molecule has 0 unspecified atom stereocenters. The Kier molecular flexibility index (Phi) is 5.98. The van der Waals surface area contributed by atoms with Crippen LogP contribution in [0.4, 0.5) is 14.5 Å². The minimum absolute atomic E-state index is 0.00506. The number of nitrogens with one attached hydrogen (secondary N) is 2. The van der Waals surface area contributed by atoms with Gasteiger partial charge in [-0.05, 0) is 30.7 Å². The number of rotatable bonds is 5. The van der Waals surface area contributed by atoms with Gasteiger partial charge in [0.25, 0.3) is 5.91 Å². The minimum Gasteiger partial charge on any atom is -0.350 e. The average Bonchev–Trinajstić information content (AvgIpc) is 3.56. The number of aromatic amines is 1. The molecule has 3 heterocycles. The maximum Gasteiger partial charge on any atom is 0.270 e. The van der Waals surface area contributed by atoms with E-state index in [2.05, 4.69) is 16.4 Å². The Balaban J connectivity index is 1.47. The van der Waals surface area contributed by atoms with Gasteiger partial charge in [0.2, 0.25) is 11.8 Å². The molecule has 1 saturated heterocycles. The molecule has 194 valence electrons. The van der Waals surface area contributed by atoms with Crippen LogP contribution in [0.2, 0.25) is 0 Å². The highest BCUT2D eigenvalue weighted by atomic mass is 19.1. The maximum absolute atomic E-state index is 14.2. The Bertz CT molecular complexity index is 1560. The summed E-state index contributed by atoms with van der Waals surface area (Å²) in [4.78, 5) is 57.3. The third-order valence-corrected chi connectivity index (χ3v) is 7.35. The Hall–Kier alpha value is -4.59. The molecule has 2 aliphatic rings. The van der Waals surface area contributed by atoms with Gasteiger partial charge in [-0.1, -0.05) is 18.2 Å². The number of nitrogens with zero attached hydrogens (tertiary/aromatic N) is 3. The van der Waals surface area contributed by atoms with Crippen LogP contribution in [-0.4, -0.2) is 64.0 Å². The van der Waals surface area contributed by atoms with Crippen LogP contribution in [0.15, 0.2) is 42.5 Å². The van der Waals surface area contributed by atoms with E-state index >= 15 is 0 Å². The number of para-hydroxylation sites is 1. The molecule has 0 bridgehead atoms. The lowest BCUT2D eigenvalue weighted by Crippen LogP contribution is -2.52. The molecule has 2 N–H and O–H groups in total. The smallest absolute Gasteiger partial charge is 0.270 e. The van der Waals surface area contributed by atoms with Crippen molar-refractivity contribution in [2.24, 2.45) is 0 Å². The summed E-state index contributed by atoms with van der Waals surface area (Å²) < 4.78 is 27.8. The number of carbonyl (C=O) groups excluding carboxylic acids is 4. The van der Waals surface area contributed by atoms with Crippen molar-refractivity contribution in [3.63, 3.8) is 0 Å². The summed E-state index contributed by atoms with van der Waals surface area (Å²) in [5, 5.41) is 12.7. The highest BCUT2D eigenvalue weighted by Gasteiger charge is 2.56. The standard InChI is InChI=1S/C27H23F2N5O4/c1-14(35)7-23(33(2)24(36)22-10-17-19(29)8-15(28)9-21(17)31-22)25(37)34-13-27(11-16(34)12-30)18-5-3-4-6-20(18)32-26(27)38/h3-6,8-10,16,23,31H,7,11,13H2,1-2H3,(H,32,38)/t16-,23-,27-/m0/s1. The van der Waals surface area contributed by atoms with E-state index in [0.29, 0.717) is 17.3 Å². The molecule has 2 aliphatic heterocycles. The first-order chi connectivity index (χ1) is 18.1. The van der Waals surface area contributed by atoms with Crippen LogP contribution in [0.3, 0.4) is 0 Å². The number of amides is 3. The third kappa shape index (κ3) is 3.89. The molecule has 11 heteroatoms. The van der Waals surface area contributed by atoms with Gasteiger partial charge >= 0.3 is 0 Å². The van der Waals surface area contributed by atoms with Crippen LogP contribution >= 0.6 is 0 Å². The molecule has 3 aromatic rings. The van der Waals surface area contributed by atoms with Crippen molar-refractivity contribution in [1.29, 1.82) is 5.26 Å². The molecule has 0 aliphatic carbocycles. The maximum atomic E-state index is 14.2. The molecule has 1 fully saturated rings. The van der Waals surface area contributed by atoms with Crippen molar-refractivity contribution in [3.8, 4) is 6.07 Å². The summed E-state index contributed by atoms with van der Waals surface area (Å²) >= 11 is 0. The van der Waals surface area contributed by atoms with Crippen LogP contribution in [0.1, 0.15) is 35.8 Å². The van der Waals surface area contributed by atoms with Crippen LogP contribution in [0, 0.1) is 23.0 Å². The summed E-state index contributed by atoms with van der Waals surface area (Å²) in [6.45, 7) is 1.17. The number of Topliss-reactive ketones (excluding diaryl/α,β-unsaturated/α-hetero) is 1. The van der Waals surface area contributed by atoms with Crippen molar-refractivity contribution < 1.29 is 28.0 Å². The van der Waals surface area contributed by atoms with Crippen LogP contribution in [-0.2, 0) is 19.8 Å². The number of likely N-dealkylation sites (tertiary alicyclic amines) is 1. The number of nitriles is 1. The first-order valence-electron chi connectivity index (χ1n) is 11.9. The van der Waals surface area contributed by atoms with E-state index in [9.17, 15) is 33.2 Å². The fourth-order valence-corrected chi connectivity index (χ4v) is 5.45. The van der Waals surface area contributed by atoms with Gasteiger partial charge in [-0.25, -0.2) is 8.78 Å². The van der Waals surface area contributed by atoms with Crippen molar-refractivity contribution in [1.82, 2.24) is 14.8 Å². The number of fused-ring (bicyclic) bond motifs is 3. The molecule has 38 heavy (non-hydrogen) atoms. The van der Waals surface area contributed by atoms with Crippen molar-refractivity contribution in [2.75, 3.05) is 18.9 Å². The molecular weight excluding hydrogens is 496 g/mol. The molecule has 3 atom stereocenters. The zero-order chi connectivity index (χ0) is 27.4. The second kappa shape index (κ2) is 9.06. The van der Waals surface area contributed by atoms with Gasteiger partial charge in [0.05, 0.1) is 17.0 Å². The Morgan fingerprint density at radius 3 is 2.68 bits per heavy atom. The van der Waals surface area contributed by atoms with Gasteiger partial charge in [-0.15, -0.1) is 0 Å². The zero-order valence-electron chi connectivity index (χ0n) is 20.5. The molecule has 5 rings (SSSR count). The number of anilines is 1. The summed E-state index contributed by atoms with van der Waals surface area (Å²) in [7, 11) is 1.32. The molecule has 1 spiro atoms. The van der Waals surface area contributed by atoms with E-state index in [1.54, 1.807) is 24.3 Å². The topological polar surface area (TPSA) is 126 Å². The van der Waals surface area contributed by atoms with Crippen LogP contribution in [0.5, 0.6) is 0 Å². The molecule has 3 amide bonds. The summed E-state index contributed by atoms with van der Waals surface area (Å²) in [6.07, 6.45) is -0.274. The fraction of sp³-hybridized carbons (Fsp3) is 0.296. The molecular formula is C27H23F2N5O4. The summed E-state index contributed by atoms with van der Waals surface area (Å²) in [5.41, 5.74) is 0.117. The largest absolute Gasteiger partial charge is 0.350 e. The second-order valence-corrected chi connectivity index (χ2v) is 9.77. The summed E-state index contributed by atoms with van der Waals surface area (Å²) in [5.74, 6) is -3.77. The summed E-state index contributed by atoms with van der Waals surface area (Å²) in [6, 6.07) is 9.83. The monoisotopic (exact) mass is 519 g/mol. The number of halogens is 2. The van der Waals surface area contributed by atoms with E-state index < -0.39 is 40.9 Å². The van der Waals surface area contributed by atoms with Gasteiger partial charge in [0, 0.05) is 43.6 Å². The Morgan fingerprint density at radius 1 is 1.24 bits per heavy atom. The van der Waals surface area contributed by atoms with Gasteiger partial charge < -0.3 is 20.1 Å². The van der Waals surface area contributed by atoms with E-state index in [-0.39, 0.29) is 47.7 Å². The zero-order valence-corrected chi connectivity index (χ0v) is 20.5. The van der Waals surface area contributed by atoms with Gasteiger partial charge in [0.1, 0.15) is 35.2 Å². The number of H-pyrrole nitrogens is 1. The van der Waals surface area contributed by atoms with E-state index in [1.165, 1.54) is 24.9 Å². The molecule has 0 saturated carbocycles. The normalized spacial score (nSPS) is 20.8. The van der Waals surface area contributed by atoms with Gasteiger partial charge in [0.15, 0.2) is 0 Å². The number of benzene rings is 2. The molecule has 0 radical (unpaired) electrons. The lowest BCUT2D eigenvalue weighted by molar-refractivity contribution is -0.138.